The molecule has 72 valence electrons. The minimum absolute atomic E-state index is 0.552. The first kappa shape index (κ1) is 9.16. The predicted octanol–water partition coefficient (Wildman–Crippen LogP) is 2.31. The summed E-state index contributed by atoms with van der Waals surface area (Å²) in [6.45, 7) is 4.73. The SMILES string of the molecule is Cc1ccc(C)c2ncc(CN)cc12. The zero-order valence-corrected chi connectivity index (χ0v) is 8.54. The van der Waals surface area contributed by atoms with Gasteiger partial charge in [-0.15, -0.1) is 0 Å². The fourth-order valence-electron chi connectivity index (χ4n) is 1.65. The van der Waals surface area contributed by atoms with Crippen molar-refractivity contribution < 1.29 is 0 Å². The van der Waals surface area contributed by atoms with Crippen LogP contribution in [0.4, 0.5) is 0 Å². The van der Waals surface area contributed by atoms with Crippen molar-refractivity contribution in [3.05, 3.63) is 41.1 Å². The predicted molar refractivity (Wildman–Crippen MR) is 59.1 cm³/mol. The zero-order valence-electron chi connectivity index (χ0n) is 8.54. The van der Waals surface area contributed by atoms with Crippen LogP contribution in [0.2, 0.25) is 0 Å². The molecule has 0 fully saturated rings. The molecule has 2 rings (SSSR count). The minimum Gasteiger partial charge on any atom is -0.326 e. The van der Waals surface area contributed by atoms with Crippen LogP contribution in [0.25, 0.3) is 10.9 Å². The number of nitrogens with two attached hydrogens (primary N) is 1. The van der Waals surface area contributed by atoms with Crippen LogP contribution in [0.5, 0.6) is 0 Å². The van der Waals surface area contributed by atoms with Crippen LogP contribution in [0.3, 0.4) is 0 Å². The zero-order chi connectivity index (χ0) is 10.1. The van der Waals surface area contributed by atoms with Crippen LogP contribution in [-0.4, -0.2) is 4.98 Å². The molecule has 0 saturated heterocycles. The van der Waals surface area contributed by atoms with E-state index in [1.807, 2.05) is 6.20 Å². The van der Waals surface area contributed by atoms with Gasteiger partial charge in [-0.1, -0.05) is 12.1 Å². The molecule has 0 spiro atoms. The number of benzene rings is 1. The topological polar surface area (TPSA) is 38.9 Å². The lowest BCUT2D eigenvalue weighted by Crippen LogP contribution is -1.98. The van der Waals surface area contributed by atoms with Gasteiger partial charge in [0, 0.05) is 18.1 Å². The van der Waals surface area contributed by atoms with Crippen molar-refractivity contribution in [3.63, 3.8) is 0 Å². The Morgan fingerprint density at radius 1 is 1.21 bits per heavy atom. The van der Waals surface area contributed by atoms with E-state index < -0.39 is 0 Å². The van der Waals surface area contributed by atoms with Gasteiger partial charge in [0.15, 0.2) is 0 Å². The summed E-state index contributed by atoms with van der Waals surface area (Å²) in [7, 11) is 0. The lowest BCUT2D eigenvalue weighted by molar-refractivity contribution is 1.06. The van der Waals surface area contributed by atoms with Crippen molar-refractivity contribution in [2.24, 2.45) is 5.73 Å². The van der Waals surface area contributed by atoms with E-state index in [1.54, 1.807) is 0 Å². The first-order valence-corrected chi connectivity index (χ1v) is 4.77. The Bertz CT molecular complexity index is 475. The second kappa shape index (κ2) is 3.39. The van der Waals surface area contributed by atoms with Gasteiger partial charge in [0.1, 0.15) is 0 Å². The normalized spacial score (nSPS) is 10.8. The molecule has 0 aliphatic heterocycles. The summed E-state index contributed by atoms with van der Waals surface area (Å²) in [6.07, 6.45) is 1.86. The fraction of sp³-hybridized carbons (Fsp3) is 0.250. The standard InChI is InChI=1S/C12H14N2/c1-8-3-4-9(2)12-11(8)5-10(6-13)7-14-12/h3-5,7H,6,13H2,1-2H3. The van der Waals surface area contributed by atoms with Gasteiger partial charge in [-0.2, -0.15) is 0 Å². The molecular formula is C12H14N2. The number of hydrogen-bond donors (Lipinski definition) is 1. The van der Waals surface area contributed by atoms with Crippen LogP contribution in [0.1, 0.15) is 16.7 Å². The Morgan fingerprint density at radius 3 is 2.64 bits per heavy atom. The summed E-state index contributed by atoms with van der Waals surface area (Å²) in [6, 6.07) is 6.36. The smallest absolute Gasteiger partial charge is 0.0733 e. The van der Waals surface area contributed by atoms with Gasteiger partial charge in [0.05, 0.1) is 5.52 Å². The van der Waals surface area contributed by atoms with Crippen molar-refractivity contribution in [1.82, 2.24) is 4.98 Å². The van der Waals surface area contributed by atoms with E-state index >= 15 is 0 Å². The van der Waals surface area contributed by atoms with Crippen LogP contribution in [-0.2, 0) is 6.54 Å². The van der Waals surface area contributed by atoms with Crippen molar-refractivity contribution in [1.29, 1.82) is 0 Å². The van der Waals surface area contributed by atoms with E-state index in [9.17, 15) is 0 Å². The Hall–Kier alpha value is -1.41. The Labute approximate surface area is 83.8 Å². The molecule has 1 aromatic heterocycles. The number of fused-ring (bicyclic) bond motifs is 1. The molecule has 1 aromatic carbocycles. The number of aromatic nitrogens is 1. The molecule has 0 aliphatic carbocycles. The lowest BCUT2D eigenvalue weighted by Gasteiger charge is -2.06. The number of aryl methyl sites for hydroxylation is 2. The van der Waals surface area contributed by atoms with E-state index in [1.165, 1.54) is 16.5 Å². The summed E-state index contributed by atoms with van der Waals surface area (Å²) in [5.74, 6) is 0. The number of hydrogen-bond acceptors (Lipinski definition) is 2. The van der Waals surface area contributed by atoms with Gasteiger partial charge in [-0.05, 0) is 36.6 Å². The molecule has 0 aliphatic rings. The first-order valence-electron chi connectivity index (χ1n) is 4.77. The minimum atomic E-state index is 0.552. The van der Waals surface area contributed by atoms with E-state index in [2.05, 4.69) is 37.0 Å². The van der Waals surface area contributed by atoms with E-state index in [-0.39, 0.29) is 0 Å². The number of pyridine rings is 1. The summed E-state index contributed by atoms with van der Waals surface area (Å²) in [4.78, 5) is 4.43. The summed E-state index contributed by atoms with van der Waals surface area (Å²) < 4.78 is 0. The van der Waals surface area contributed by atoms with Crippen LogP contribution >= 0.6 is 0 Å². The molecule has 1 heterocycles. The second-order valence-corrected chi connectivity index (χ2v) is 3.64. The van der Waals surface area contributed by atoms with Crippen LogP contribution in [0.15, 0.2) is 24.4 Å². The van der Waals surface area contributed by atoms with E-state index in [4.69, 9.17) is 5.73 Å². The molecule has 0 atom stereocenters. The molecule has 2 heteroatoms. The highest BCUT2D eigenvalue weighted by Crippen LogP contribution is 2.20. The maximum Gasteiger partial charge on any atom is 0.0733 e. The van der Waals surface area contributed by atoms with Crippen molar-refractivity contribution in [2.45, 2.75) is 20.4 Å². The Balaban J connectivity index is 2.80. The molecule has 0 saturated carbocycles. The largest absolute Gasteiger partial charge is 0.326 e. The van der Waals surface area contributed by atoms with Gasteiger partial charge in [0.25, 0.3) is 0 Å². The second-order valence-electron chi connectivity index (χ2n) is 3.64. The summed E-state index contributed by atoms with van der Waals surface area (Å²) in [5.41, 5.74) is 10.2. The summed E-state index contributed by atoms with van der Waals surface area (Å²) in [5, 5.41) is 1.22. The number of nitrogens with zero attached hydrogens (tertiary/aromatic N) is 1. The third-order valence-electron chi connectivity index (χ3n) is 2.56. The fourth-order valence-corrected chi connectivity index (χ4v) is 1.65. The molecule has 2 nitrogen and oxygen atoms in total. The highest BCUT2D eigenvalue weighted by atomic mass is 14.7. The molecule has 2 N–H and O–H groups in total. The van der Waals surface area contributed by atoms with Gasteiger partial charge in [-0.3, -0.25) is 4.98 Å². The molecule has 0 bridgehead atoms. The Morgan fingerprint density at radius 2 is 1.93 bits per heavy atom. The van der Waals surface area contributed by atoms with Gasteiger partial charge < -0.3 is 5.73 Å². The lowest BCUT2D eigenvalue weighted by atomic mass is 10.0. The quantitative estimate of drug-likeness (QED) is 0.742. The monoisotopic (exact) mass is 186 g/mol. The maximum atomic E-state index is 5.59. The highest BCUT2D eigenvalue weighted by Gasteiger charge is 2.02. The van der Waals surface area contributed by atoms with Crippen molar-refractivity contribution in [3.8, 4) is 0 Å². The molecule has 14 heavy (non-hydrogen) atoms. The first-order chi connectivity index (χ1) is 6.72. The van der Waals surface area contributed by atoms with Gasteiger partial charge >= 0.3 is 0 Å². The molecule has 0 amide bonds. The van der Waals surface area contributed by atoms with E-state index in [0.29, 0.717) is 6.54 Å². The number of rotatable bonds is 1. The molecule has 2 aromatic rings. The van der Waals surface area contributed by atoms with Crippen LogP contribution in [0, 0.1) is 13.8 Å². The highest BCUT2D eigenvalue weighted by molar-refractivity contribution is 5.85. The molecular weight excluding hydrogens is 172 g/mol. The van der Waals surface area contributed by atoms with E-state index in [0.717, 1.165) is 11.1 Å². The summed E-state index contributed by atoms with van der Waals surface area (Å²) >= 11 is 0. The van der Waals surface area contributed by atoms with Gasteiger partial charge in [0.2, 0.25) is 0 Å². The van der Waals surface area contributed by atoms with Gasteiger partial charge in [-0.25, -0.2) is 0 Å². The van der Waals surface area contributed by atoms with Crippen molar-refractivity contribution >= 4 is 10.9 Å². The van der Waals surface area contributed by atoms with Crippen LogP contribution < -0.4 is 5.73 Å². The average molecular weight is 186 g/mol. The van der Waals surface area contributed by atoms with Crippen molar-refractivity contribution in [2.75, 3.05) is 0 Å². The Kier molecular flexibility index (Phi) is 2.22. The third kappa shape index (κ3) is 1.38. The maximum absolute atomic E-state index is 5.59. The molecule has 0 unspecified atom stereocenters. The average Bonchev–Trinajstić information content (AvgIpc) is 2.23. The third-order valence-corrected chi connectivity index (χ3v) is 2.56. The molecule has 0 radical (unpaired) electrons.